The molecule has 0 N–H and O–H groups in total. The van der Waals surface area contributed by atoms with Crippen LogP contribution in [0.25, 0.3) is 0 Å². The van der Waals surface area contributed by atoms with Gasteiger partial charge in [0.2, 0.25) is 0 Å². The van der Waals surface area contributed by atoms with Crippen molar-refractivity contribution in [3.63, 3.8) is 0 Å². The minimum atomic E-state index is 0.227. The van der Waals surface area contributed by atoms with Gasteiger partial charge in [-0.05, 0) is 31.8 Å². The lowest BCUT2D eigenvalue weighted by Crippen LogP contribution is -2.05. The smallest absolute Gasteiger partial charge is 0.162 e. The SMILES string of the molecule is CC/C=C\CC1=C(C)CC(C)C1=O. The summed E-state index contributed by atoms with van der Waals surface area (Å²) in [5.74, 6) is 0.586. The largest absolute Gasteiger partial charge is 0.294 e. The average Bonchev–Trinajstić information content (AvgIpc) is 2.32. The Labute approximate surface area is 80.5 Å². The van der Waals surface area contributed by atoms with E-state index in [-0.39, 0.29) is 5.92 Å². The zero-order chi connectivity index (χ0) is 9.84. The van der Waals surface area contributed by atoms with Crippen molar-refractivity contribution in [2.45, 2.75) is 40.0 Å². The molecule has 0 aliphatic heterocycles. The van der Waals surface area contributed by atoms with Crippen molar-refractivity contribution in [3.05, 3.63) is 23.3 Å². The maximum atomic E-state index is 11.6. The topological polar surface area (TPSA) is 17.1 Å². The number of allylic oxidation sites excluding steroid dienone is 4. The third-order valence-electron chi connectivity index (χ3n) is 2.60. The van der Waals surface area contributed by atoms with Crippen LogP contribution >= 0.6 is 0 Å². The number of Topliss-reactive ketones (excluding diaryl/α,β-unsaturated/α-hetero) is 1. The van der Waals surface area contributed by atoms with E-state index in [4.69, 9.17) is 0 Å². The fraction of sp³-hybridized carbons (Fsp3) is 0.583. The third-order valence-corrected chi connectivity index (χ3v) is 2.60. The van der Waals surface area contributed by atoms with Crippen molar-refractivity contribution >= 4 is 5.78 Å². The first-order valence-corrected chi connectivity index (χ1v) is 5.04. The molecule has 1 aliphatic rings. The normalized spacial score (nSPS) is 23.6. The molecule has 0 aromatic heterocycles. The zero-order valence-electron chi connectivity index (χ0n) is 8.76. The molecular formula is C12H18O. The highest BCUT2D eigenvalue weighted by molar-refractivity contribution is 6.00. The maximum absolute atomic E-state index is 11.6. The van der Waals surface area contributed by atoms with Crippen LogP contribution in [-0.2, 0) is 4.79 Å². The van der Waals surface area contributed by atoms with Gasteiger partial charge in [0.1, 0.15) is 0 Å². The van der Waals surface area contributed by atoms with Crippen molar-refractivity contribution in [2.75, 3.05) is 0 Å². The van der Waals surface area contributed by atoms with Crippen molar-refractivity contribution in [1.82, 2.24) is 0 Å². The highest BCUT2D eigenvalue weighted by atomic mass is 16.1. The van der Waals surface area contributed by atoms with Crippen LogP contribution in [0.4, 0.5) is 0 Å². The van der Waals surface area contributed by atoms with Gasteiger partial charge in [-0.2, -0.15) is 0 Å². The number of rotatable bonds is 3. The second kappa shape index (κ2) is 4.40. The van der Waals surface area contributed by atoms with E-state index in [0.29, 0.717) is 5.78 Å². The summed E-state index contributed by atoms with van der Waals surface area (Å²) in [5, 5.41) is 0. The summed E-state index contributed by atoms with van der Waals surface area (Å²) < 4.78 is 0. The van der Waals surface area contributed by atoms with Crippen LogP contribution in [-0.4, -0.2) is 5.78 Å². The first-order valence-electron chi connectivity index (χ1n) is 5.04. The quantitative estimate of drug-likeness (QED) is 0.606. The van der Waals surface area contributed by atoms with Gasteiger partial charge in [0.15, 0.2) is 5.78 Å². The van der Waals surface area contributed by atoms with Gasteiger partial charge in [-0.1, -0.05) is 31.6 Å². The van der Waals surface area contributed by atoms with Crippen LogP contribution in [0.1, 0.15) is 40.0 Å². The molecule has 13 heavy (non-hydrogen) atoms. The first-order chi connectivity index (χ1) is 6.16. The minimum Gasteiger partial charge on any atom is -0.294 e. The zero-order valence-corrected chi connectivity index (χ0v) is 8.76. The lowest BCUT2D eigenvalue weighted by Gasteiger charge is -1.99. The van der Waals surface area contributed by atoms with E-state index in [1.807, 2.05) is 6.92 Å². The van der Waals surface area contributed by atoms with Gasteiger partial charge in [0, 0.05) is 5.92 Å². The summed E-state index contributed by atoms with van der Waals surface area (Å²) in [7, 11) is 0. The molecule has 0 aromatic rings. The molecule has 1 heteroatoms. The Bertz CT molecular complexity index is 258. The van der Waals surface area contributed by atoms with Crippen molar-refractivity contribution in [2.24, 2.45) is 5.92 Å². The van der Waals surface area contributed by atoms with Gasteiger partial charge in [-0.25, -0.2) is 0 Å². The number of ketones is 1. The molecule has 0 spiro atoms. The monoisotopic (exact) mass is 178 g/mol. The van der Waals surface area contributed by atoms with Gasteiger partial charge < -0.3 is 0 Å². The van der Waals surface area contributed by atoms with Crippen molar-refractivity contribution in [3.8, 4) is 0 Å². The summed E-state index contributed by atoms with van der Waals surface area (Å²) in [5.41, 5.74) is 2.34. The van der Waals surface area contributed by atoms with Crippen molar-refractivity contribution in [1.29, 1.82) is 0 Å². The van der Waals surface area contributed by atoms with Crippen LogP contribution in [0.5, 0.6) is 0 Å². The molecular weight excluding hydrogens is 160 g/mol. The number of hydrogen-bond acceptors (Lipinski definition) is 1. The van der Waals surface area contributed by atoms with E-state index < -0.39 is 0 Å². The molecule has 1 nitrogen and oxygen atoms in total. The first kappa shape index (κ1) is 10.2. The molecule has 0 fully saturated rings. The highest BCUT2D eigenvalue weighted by Crippen LogP contribution is 2.29. The second-order valence-electron chi connectivity index (χ2n) is 3.81. The summed E-state index contributed by atoms with van der Waals surface area (Å²) in [6, 6.07) is 0. The second-order valence-corrected chi connectivity index (χ2v) is 3.81. The Morgan fingerprint density at radius 2 is 2.15 bits per heavy atom. The fourth-order valence-electron chi connectivity index (χ4n) is 1.83. The molecule has 0 radical (unpaired) electrons. The van der Waals surface area contributed by atoms with Crippen molar-refractivity contribution < 1.29 is 4.79 Å². The molecule has 1 atom stereocenters. The van der Waals surface area contributed by atoms with Gasteiger partial charge >= 0.3 is 0 Å². The molecule has 0 saturated carbocycles. The van der Waals surface area contributed by atoms with Gasteiger partial charge in [0.05, 0.1) is 0 Å². The summed E-state index contributed by atoms with van der Waals surface area (Å²) in [6.07, 6.45) is 7.08. The predicted octanol–water partition coefficient (Wildman–Crippen LogP) is 3.27. The molecule has 72 valence electrons. The minimum absolute atomic E-state index is 0.227. The van der Waals surface area contributed by atoms with Crippen LogP contribution in [0.3, 0.4) is 0 Å². The molecule has 1 rings (SSSR count). The Kier molecular flexibility index (Phi) is 3.47. The van der Waals surface area contributed by atoms with Gasteiger partial charge in [-0.15, -0.1) is 0 Å². The van der Waals surface area contributed by atoms with Gasteiger partial charge in [-0.3, -0.25) is 4.79 Å². The third kappa shape index (κ3) is 2.30. The molecule has 1 aliphatic carbocycles. The predicted molar refractivity (Wildman–Crippen MR) is 55.5 cm³/mol. The van der Waals surface area contributed by atoms with Crippen LogP contribution in [0.2, 0.25) is 0 Å². The summed E-state index contributed by atoms with van der Waals surface area (Å²) >= 11 is 0. The van der Waals surface area contributed by atoms with Crippen LogP contribution in [0.15, 0.2) is 23.3 Å². The summed E-state index contributed by atoms with van der Waals surface area (Å²) in [4.78, 5) is 11.6. The number of hydrogen-bond donors (Lipinski definition) is 0. The lowest BCUT2D eigenvalue weighted by molar-refractivity contribution is -0.117. The fourth-order valence-corrected chi connectivity index (χ4v) is 1.83. The highest BCUT2D eigenvalue weighted by Gasteiger charge is 2.25. The Hall–Kier alpha value is -0.850. The van der Waals surface area contributed by atoms with Crippen LogP contribution in [0, 0.1) is 5.92 Å². The van der Waals surface area contributed by atoms with E-state index >= 15 is 0 Å². The summed E-state index contributed by atoms with van der Waals surface area (Å²) in [6.45, 7) is 6.20. The van der Waals surface area contributed by atoms with Gasteiger partial charge in [0.25, 0.3) is 0 Å². The molecule has 0 bridgehead atoms. The van der Waals surface area contributed by atoms with E-state index in [0.717, 1.165) is 24.8 Å². The molecule has 0 saturated heterocycles. The molecule has 0 heterocycles. The van der Waals surface area contributed by atoms with Crippen LogP contribution < -0.4 is 0 Å². The number of carbonyl (C=O) groups excluding carboxylic acids is 1. The molecule has 0 aromatic carbocycles. The lowest BCUT2D eigenvalue weighted by atomic mass is 10.0. The van der Waals surface area contributed by atoms with E-state index in [1.54, 1.807) is 0 Å². The average molecular weight is 178 g/mol. The maximum Gasteiger partial charge on any atom is 0.162 e. The van der Waals surface area contributed by atoms with E-state index in [9.17, 15) is 4.79 Å². The van der Waals surface area contributed by atoms with E-state index in [1.165, 1.54) is 5.57 Å². The molecule has 1 unspecified atom stereocenters. The Morgan fingerprint density at radius 1 is 1.46 bits per heavy atom. The number of carbonyl (C=O) groups is 1. The van der Waals surface area contributed by atoms with E-state index in [2.05, 4.69) is 26.0 Å². The Morgan fingerprint density at radius 3 is 2.62 bits per heavy atom. The molecule has 0 amide bonds. The Balaban J connectivity index is 2.63. The standard InChI is InChI=1S/C12H18O/c1-4-5-6-7-11-9(2)8-10(3)12(11)13/h5-6,10H,4,7-8H2,1-3H3/b6-5-.